The van der Waals surface area contributed by atoms with E-state index in [1.54, 1.807) is 0 Å². The lowest BCUT2D eigenvalue weighted by atomic mass is 9.41. The van der Waals surface area contributed by atoms with Crippen LogP contribution in [0.25, 0.3) is 0 Å². The number of aliphatic hydroxyl groups excluding tert-OH is 2. The van der Waals surface area contributed by atoms with Crippen LogP contribution in [0.1, 0.15) is 99.8 Å². The molecule has 2 bridgehead atoms. The fourth-order valence-electron chi connectivity index (χ4n) is 12.7. The Morgan fingerprint density at radius 3 is 2.20 bits per heavy atom. The average Bonchev–Trinajstić information content (AvgIpc) is 3.28. The van der Waals surface area contributed by atoms with E-state index in [1.807, 2.05) is 13.8 Å². The van der Waals surface area contributed by atoms with Crippen molar-refractivity contribution in [2.24, 2.45) is 50.7 Å². The molecule has 5 heteroatoms. The molecule has 5 nitrogen and oxygen atoms in total. The maximum Gasteiger partial charge on any atom is 0.199 e. The first kappa shape index (κ1) is 23.9. The first-order valence-electron chi connectivity index (χ1n) is 14.6. The summed E-state index contributed by atoms with van der Waals surface area (Å²) < 4.78 is 13.6. The van der Waals surface area contributed by atoms with Gasteiger partial charge in [0.05, 0.1) is 17.8 Å². The number of hydrogen-bond acceptors (Lipinski definition) is 5. The third kappa shape index (κ3) is 2.30. The van der Waals surface area contributed by atoms with E-state index < -0.39 is 23.6 Å². The van der Waals surface area contributed by atoms with Crippen LogP contribution in [0.3, 0.4) is 0 Å². The van der Waals surface area contributed by atoms with E-state index in [2.05, 4.69) is 34.6 Å². The lowest BCUT2D eigenvalue weighted by Crippen LogP contribution is -2.60. The molecule has 3 N–H and O–H groups in total. The summed E-state index contributed by atoms with van der Waals surface area (Å²) in [6, 6.07) is 0. The van der Waals surface area contributed by atoms with Gasteiger partial charge >= 0.3 is 0 Å². The molecule has 0 amide bonds. The SMILES string of the molecule is CC1C[C@@H]2O[C@]3(OC2C(C)(C)O)C(O)[C@@]2(C)[C@@H]4CC[C@H]5C(C)(C)C(O)CC[C@@]56C[C@@]46CC[C@]2(C)[C@H]13. The maximum atomic E-state index is 12.5. The van der Waals surface area contributed by atoms with E-state index in [9.17, 15) is 15.3 Å². The van der Waals surface area contributed by atoms with Gasteiger partial charge in [-0.15, -0.1) is 0 Å². The largest absolute Gasteiger partial charge is 0.393 e. The van der Waals surface area contributed by atoms with Gasteiger partial charge in [-0.2, -0.15) is 0 Å². The van der Waals surface area contributed by atoms with Crippen molar-refractivity contribution in [1.29, 1.82) is 0 Å². The lowest BCUT2D eigenvalue weighted by molar-refractivity contribution is -0.282. The quantitative estimate of drug-likeness (QED) is 0.500. The van der Waals surface area contributed by atoms with Crippen molar-refractivity contribution in [2.75, 3.05) is 0 Å². The molecule has 2 heterocycles. The first-order valence-corrected chi connectivity index (χ1v) is 14.6. The molecule has 0 aromatic carbocycles. The molecule has 5 saturated carbocycles. The first-order chi connectivity index (χ1) is 16.1. The molecule has 7 aliphatic rings. The Labute approximate surface area is 211 Å². The van der Waals surface area contributed by atoms with Crippen molar-refractivity contribution in [3.05, 3.63) is 0 Å². The molecular formula is C30H48O5. The van der Waals surface area contributed by atoms with Crippen molar-refractivity contribution in [2.45, 2.75) is 136 Å². The van der Waals surface area contributed by atoms with Gasteiger partial charge in [0.1, 0.15) is 12.2 Å². The summed E-state index contributed by atoms with van der Waals surface area (Å²) in [7, 11) is 0. The van der Waals surface area contributed by atoms with Gasteiger partial charge in [0.15, 0.2) is 5.79 Å². The number of fused-ring (bicyclic) bond motifs is 4. The molecule has 7 rings (SSSR count). The molecule has 198 valence electrons. The second-order valence-electron chi connectivity index (χ2n) is 15.9. The van der Waals surface area contributed by atoms with Gasteiger partial charge in [-0.05, 0) is 105 Å². The van der Waals surface area contributed by atoms with Crippen LogP contribution in [-0.2, 0) is 9.47 Å². The van der Waals surface area contributed by atoms with Crippen LogP contribution < -0.4 is 0 Å². The predicted molar refractivity (Wildman–Crippen MR) is 132 cm³/mol. The van der Waals surface area contributed by atoms with E-state index >= 15 is 0 Å². The molecule has 0 aromatic rings. The fourth-order valence-corrected chi connectivity index (χ4v) is 12.7. The van der Waals surface area contributed by atoms with Crippen molar-refractivity contribution in [1.82, 2.24) is 0 Å². The summed E-state index contributed by atoms with van der Waals surface area (Å²) in [6.45, 7) is 15.4. The molecular weight excluding hydrogens is 440 g/mol. The Bertz CT molecular complexity index is 957. The maximum absolute atomic E-state index is 12.5. The topological polar surface area (TPSA) is 79.2 Å². The molecule has 4 unspecified atom stereocenters. The molecule has 0 radical (unpaired) electrons. The van der Waals surface area contributed by atoms with Gasteiger partial charge in [-0.3, -0.25) is 0 Å². The monoisotopic (exact) mass is 488 g/mol. The van der Waals surface area contributed by atoms with Crippen LogP contribution in [0.5, 0.6) is 0 Å². The van der Waals surface area contributed by atoms with Gasteiger partial charge in [0, 0.05) is 11.3 Å². The van der Waals surface area contributed by atoms with E-state index in [4.69, 9.17) is 9.47 Å². The predicted octanol–water partition coefficient (Wildman–Crippen LogP) is 4.66. The van der Waals surface area contributed by atoms with E-state index in [0.717, 1.165) is 38.5 Å². The number of rotatable bonds is 1. The van der Waals surface area contributed by atoms with Crippen LogP contribution >= 0.6 is 0 Å². The summed E-state index contributed by atoms with van der Waals surface area (Å²) in [6.07, 6.45) is 7.36. The second-order valence-corrected chi connectivity index (χ2v) is 15.9. The van der Waals surface area contributed by atoms with E-state index in [0.29, 0.717) is 23.2 Å². The Morgan fingerprint density at radius 1 is 0.857 bits per heavy atom. The zero-order valence-corrected chi connectivity index (χ0v) is 22.9. The highest BCUT2D eigenvalue weighted by atomic mass is 16.8. The third-order valence-electron chi connectivity index (χ3n) is 14.2. The van der Waals surface area contributed by atoms with Gasteiger partial charge in [0.2, 0.25) is 0 Å². The average molecular weight is 489 g/mol. The van der Waals surface area contributed by atoms with Gasteiger partial charge in [-0.25, -0.2) is 0 Å². The molecule has 2 aliphatic heterocycles. The highest BCUT2D eigenvalue weighted by molar-refractivity contribution is 5.34. The summed E-state index contributed by atoms with van der Waals surface area (Å²) in [5.74, 6) is 0.523. The van der Waals surface area contributed by atoms with Crippen molar-refractivity contribution < 1.29 is 24.8 Å². The van der Waals surface area contributed by atoms with Gasteiger partial charge in [-0.1, -0.05) is 34.6 Å². The van der Waals surface area contributed by atoms with Crippen LogP contribution in [0.2, 0.25) is 0 Å². The normalized spacial score (nSPS) is 63.9. The van der Waals surface area contributed by atoms with Crippen LogP contribution in [0.15, 0.2) is 0 Å². The minimum Gasteiger partial charge on any atom is -0.393 e. The van der Waals surface area contributed by atoms with Gasteiger partial charge < -0.3 is 24.8 Å². The van der Waals surface area contributed by atoms with Crippen molar-refractivity contribution in [3.8, 4) is 0 Å². The van der Waals surface area contributed by atoms with E-state index in [1.165, 1.54) is 12.8 Å². The Hall–Kier alpha value is -0.200. The molecule has 35 heavy (non-hydrogen) atoms. The zero-order chi connectivity index (χ0) is 25.2. The fraction of sp³-hybridized carbons (Fsp3) is 1.00. The third-order valence-corrected chi connectivity index (χ3v) is 14.2. The Kier molecular flexibility index (Phi) is 4.32. The Morgan fingerprint density at radius 2 is 1.51 bits per heavy atom. The standard InChI is InChI=1S/C30H48O5/c1-16-14-17-22(25(4,5)33)35-30(34-17)21(16)26(6)12-13-29-15-28(29)11-10-20(31)24(2,3)18(28)8-9-19(29)27(26,7)23(30)32/h16-23,31-33H,8-15H2,1-7H3/t16?,17-,18-,19-,20?,21-,22?,23?,26+,27+,28+,29-,30+/m0/s1. The van der Waals surface area contributed by atoms with Crippen molar-refractivity contribution >= 4 is 0 Å². The number of aliphatic hydroxyl groups is 3. The second kappa shape index (κ2) is 6.33. The highest BCUT2D eigenvalue weighted by Gasteiger charge is 2.88. The smallest absolute Gasteiger partial charge is 0.199 e. The van der Waals surface area contributed by atoms with E-state index in [-0.39, 0.29) is 39.8 Å². The molecule has 2 saturated heterocycles. The molecule has 5 aliphatic carbocycles. The lowest BCUT2D eigenvalue weighted by Gasteiger charge is -2.63. The molecule has 13 atom stereocenters. The minimum absolute atomic E-state index is 0.0331. The number of ether oxygens (including phenoxy) is 2. The molecule has 0 aromatic heterocycles. The van der Waals surface area contributed by atoms with Gasteiger partial charge in [0.25, 0.3) is 0 Å². The zero-order valence-electron chi connectivity index (χ0n) is 22.9. The summed E-state index contributed by atoms with van der Waals surface area (Å²) >= 11 is 0. The number of hydrogen-bond donors (Lipinski definition) is 3. The molecule has 7 fully saturated rings. The minimum atomic E-state index is -1.01. The Balaban J connectivity index is 1.33. The van der Waals surface area contributed by atoms with Crippen LogP contribution in [0, 0.1) is 50.7 Å². The van der Waals surface area contributed by atoms with Crippen molar-refractivity contribution in [3.63, 3.8) is 0 Å². The summed E-state index contributed by atoms with van der Waals surface area (Å²) in [5, 5.41) is 34.4. The molecule has 3 spiro atoms. The van der Waals surface area contributed by atoms with Crippen LogP contribution in [0.4, 0.5) is 0 Å². The van der Waals surface area contributed by atoms with Crippen LogP contribution in [-0.4, -0.2) is 51.1 Å². The summed E-state index contributed by atoms with van der Waals surface area (Å²) in [4.78, 5) is 0. The highest BCUT2D eigenvalue weighted by Crippen LogP contribution is 2.90. The summed E-state index contributed by atoms with van der Waals surface area (Å²) in [5.41, 5.74) is -0.788.